The lowest BCUT2D eigenvalue weighted by Gasteiger charge is -2.30. The second-order valence-corrected chi connectivity index (χ2v) is 6.04. The molecule has 0 aromatic heterocycles. The summed E-state index contributed by atoms with van der Waals surface area (Å²) >= 11 is 5.96. The van der Waals surface area contributed by atoms with Crippen LogP contribution in [0, 0.1) is 0 Å². The number of benzene rings is 2. The molecule has 1 heterocycles. The number of carbonyl (C=O) groups is 2. The smallest absolute Gasteiger partial charge is 0.271 e. The second kappa shape index (κ2) is 7.36. The minimum atomic E-state index is -0.437. The van der Waals surface area contributed by atoms with Crippen molar-refractivity contribution < 1.29 is 9.59 Å². The molecule has 0 unspecified atom stereocenters. The summed E-state index contributed by atoms with van der Waals surface area (Å²) in [5, 5.41) is 0.342. The first kappa shape index (κ1) is 16.3. The Kier molecular flexibility index (Phi) is 5.01. The molecule has 2 aromatic carbocycles. The van der Waals surface area contributed by atoms with Crippen molar-refractivity contribution in [2.75, 3.05) is 18.0 Å². The molecule has 5 nitrogen and oxygen atoms in total. The van der Waals surface area contributed by atoms with Gasteiger partial charge in [0.25, 0.3) is 11.8 Å². The molecule has 1 aliphatic rings. The number of amides is 2. The molecule has 124 valence electrons. The van der Waals surface area contributed by atoms with Crippen LogP contribution in [0.25, 0.3) is 0 Å². The van der Waals surface area contributed by atoms with Crippen LogP contribution in [-0.2, 0) is 11.2 Å². The number of aryl methyl sites for hydroxylation is 1. The summed E-state index contributed by atoms with van der Waals surface area (Å²) in [7, 11) is 0. The van der Waals surface area contributed by atoms with Crippen molar-refractivity contribution in [3.8, 4) is 0 Å². The number of rotatable bonds is 3. The van der Waals surface area contributed by atoms with Crippen LogP contribution in [-0.4, -0.2) is 24.9 Å². The van der Waals surface area contributed by atoms with E-state index in [0.717, 1.165) is 25.1 Å². The highest BCUT2D eigenvalue weighted by Crippen LogP contribution is 2.26. The van der Waals surface area contributed by atoms with E-state index in [1.54, 1.807) is 24.3 Å². The van der Waals surface area contributed by atoms with Crippen LogP contribution in [0.5, 0.6) is 0 Å². The highest BCUT2D eigenvalue weighted by Gasteiger charge is 2.19. The number of anilines is 1. The van der Waals surface area contributed by atoms with Crippen molar-refractivity contribution in [2.45, 2.75) is 12.8 Å². The molecule has 0 bridgehead atoms. The molecule has 6 heteroatoms. The van der Waals surface area contributed by atoms with Crippen LogP contribution in [0.15, 0.2) is 48.5 Å². The summed E-state index contributed by atoms with van der Waals surface area (Å²) in [6.07, 6.45) is 2.04. The molecule has 0 saturated carbocycles. The standard InChI is InChI=1S/C18H18ClN3O2/c19-15-9-3-2-8-14(15)18(24)21-20-17(23)12-22-11-5-7-13-6-1-4-10-16(13)22/h1-4,6,8-10H,5,7,11-12H2,(H,20,23)(H,21,24). The Bertz CT molecular complexity index is 763. The van der Waals surface area contributed by atoms with Gasteiger partial charge in [0.05, 0.1) is 17.1 Å². The minimum Gasteiger partial charge on any atom is -0.362 e. The maximum Gasteiger partial charge on any atom is 0.271 e. The highest BCUT2D eigenvalue weighted by atomic mass is 35.5. The minimum absolute atomic E-state index is 0.194. The van der Waals surface area contributed by atoms with Crippen LogP contribution in [0.3, 0.4) is 0 Å². The zero-order chi connectivity index (χ0) is 16.9. The molecule has 0 aliphatic carbocycles. The largest absolute Gasteiger partial charge is 0.362 e. The Balaban J connectivity index is 1.57. The van der Waals surface area contributed by atoms with E-state index in [9.17, 15) is 9.59 Å². The molecule has 1 aliphatic heterocycles. The lowest BCUT2D eigenvalue weighted by Crippen LogP contribution is -2.47. The quantitative estimate of drug-likeness (QED) is 0.842. The van der Waals surface area contributed by atoms with Gasteiger partial charge in [0, 0.05) is 12.2 Å². The van der Waals surface area contributed by atoms with Gasteiger partial charge in [-0.25, -0.2) is 0 Å². The number of halogens is 1. The second-order valence-electron chi connectivity index (χ2n) is 5.64. The average molecular weight is 344 g/mol. The van der Waals surface area contributed by atoms with Gasteiger partial charge in [0.2, 0.25) is 0 Å². The summed E-state index contributed by atoms with van der Waals surface area (Å²) in [6, 6.07) is 14.8. The number of nitrogens with zero attached hydrogens (tertiary/aromatic N) is 1. The van der Waals surface area contributed by atoms with Gasteiger partial charge >= 0.3 is 0 Å². The number of para-hydroxylation sites is 1. The van der Waals surface area contributed by atoms with Gasteiger partial charge in [-0.15, -0.1) is 0 Å². The number of carbonyl (C=O) groups excluding carboxylic acids is 2. The third kappa shape index (κ3) is 3.68. The predicted octanol–water partition coefficient (Wildman–Crippen LogP) is 2.55. The number of hydrazine groups is 1. The molecule has 24 heavy (non-hydrogen) atoms. The van der Waals surface area contributed by atoms with Crippen LogP contribution >= 0.6 is 11.6 Å². The van der Waals surface area contributed by atoms with Crippen molar-refractivity contribution in [1.82, 2.24) is 10.9 Å². The Morgan fingerprint density at radius 3 is 2.62 bits per heavy atom. The lowest BCUT2D eigenvalue weighted by atomic mass is 10.0. The van der Waals surface area contributed by atoms with Gasteiger partial charge in [-0.2, -0.15) is 0 Å². The number of fused-ring (bicyclic) bond motifs is 1. The summed E-state index contributed by atoms with van der Waals surface area (Å²) in [5.41, 5.74) is 7.50. The number of nitrogens with one attached hydrogen (secondary N) is 2. The maximum absolute atomic E-state index is 12.1. The third-order valence-electron chi connectivity index (χ3n) is 3.97. The summed E-state index contributed by atoms with van der Waals surface area (Å²) in [4.78, 5) is 26.2. The van der Waals surface area contributed by atoms with E-state index >= 15 is 0 Å². The van der Waals surface area contributed by atoms with Crippen molar-refractivity contribution >= 4 is 29.1 Å². The van der Waals surface area contributed by atoms with Gasteiger partial charge in [0.1, 0.15) is 0 Å². The Morgan fingerprint density at radius 1 is 1.04 bits per heavy atom. The Labute approximate surface area is 145 Å². The highest BCUT2D eigenvalue weighted by molar-refractivity contribution is 6.33. The fraction of sp³-hybridized carbons (Fsp3) is 0.222. The van der Waals surface area contributed by atoms with E-state index in [1.807, 2.05) is 23.1 Å². The molecular formula is C18H18ClN3O2. The van der Waals surface area contributed by atoms with Gasteiger partial charge in [-0.05, 0) is 36.6 Å². The molecule has 0 atom stereocenters. The average Bonchev–Trinajstić information content (AvgIpc) is 2.60. The Hall–Kier alpha value is -2.53. The third-order valence-corrected chi connectivity index (χ3v) is 4.30. The van der Waals surface area contributed by atoms with Gasteiger partial charge in [-0.3, -0.25) is 20.4 Å². The number of hydrogen-bond acceptors (Lipinski definition) is 3. The van der Waals surface area contributed by atoms with Crippen LogP contribution in [0.4, 0.5) is 5.69 Å². The summed E-state index contributed by atoms with van der Waals surface area (Å²) < 4.78 is 0. The van der Waals surface area contributed by atoms with E-state index in [0.29, 0.717) is 10.6 Å². The molecule has 2 amide bonds. The fourth-order valence-electron chi connectivity index (χ4n) is 2.83. The van der Waals surface area contributed by atoms with Crippen molar-refractivity contribution in [2.24, 2.45) is 0 Å². The van der Waals surface area contributed by atoms with Crippen molar-refractivity contribution in [3.63, 3.8) is 0 Å². The molecule has 2 N–H and O–H groups in total. The van der Waals surface area contributed by atoms with Gasteiger partial charge < -0.3 is 4.90 Å². The molecule has 0 radical (unpaired) electrons. The SMILES string of the molecule is O=C(CN1CCCc2ccccc21)NNC(=O)c1ccccc1Cl. The molecular weight excluding hydrogens is 326 g/mol. The first-order valence-corrected chi connectivity index (χ1v) is 8.19. The van der Waals surface area contributed by atoms with Crippen molar-refractivity contribution in [1.29, 1.82) is 0 Å². The normalized spacial score (nSPS) is 13.1. The lowest BCUT2D eigenvalue weighted by molar-refractivity contribution is -0.120. The summed E-state index contributed by atoms with van der Waals surface area (Å²) in [5.74, 6) is -0.708. The molecule has 0 fully saturated rings. The maximum atomic E-state index is 12.1. The number of hydrogen-bond donors (Lipinski definition) is 2. The van der Waals surface area contributed by atoms with Crippen LogP contribution in [0.2, 0.25) is 5.02 Å². The van der Waals surface area contributed by atoms with E-state index in [-0.39, 0.29) is 12.5 Å². The molecule has 2 aromatic rings. The van der Waals surface area contributed by atoms with E-state index in [4.69, 9.17) is 11.6 Å². The predicted molar refractivity (Wildman–Crippen MR) is 94.0 cm³/mol. The van der Waals surface area contributed by atoms with E-state index in [2.05, 4.69) is 16.9 Å². The van der Waals surface area contributed by atoms with Crippen LogP contribution in [0.1, 0.15) is 22.3 Å². The zero-order valence-corrected chi connectivity index (χ0v) is 13.8. The van der Waals surface area contributed by atoms with Crippen molar-refractivity contribution in [3.05, 3.63) is 64.7 Å². The Morgan fingerprint density at radius 2 is 1.79 bits per heavy atom. The molecule has 3 rings (SSSR count). The summed E-state index contributed by atoms with van der Waals surface area (Å²) in [6.45, 7) is 1.02. The van der Waals surface area contributed by atoms with E-state index < -0.39 is 5.91 Å². The monoisotopic (exact) mass is 343 g/mol. The molecule has 0 spiro atoms. The first-order valence-electron chi connectivity index (χ1n) is 7.82. The van der Waals surface area contributed by atoms with Gasteiger partial charge in [-0.1, -0.05) is 41.9 Å². The topological polar surface area (TPSA) is 61.4 Å². The van der Waals surface area contributed by atoms with E-state index in [1.165, 1.54) is 5.56 Å². The van der Waals surface area contributed by atoms with Crippen LogP contribution < -0.4 is 15.8 Å². The zero-order valence-electron chi connectivity index (χ0n) is 13.1. The molecule has 0 saturated heterocycles. The first-order chi connectivity index (χ1) is 11.6. The van der Waals surface area contributed by atoms with Gasteiger partial charge in [0.15, 0.2) is 0 Å². The fourth-order valence-corrected chi connectivity index (χ4v) is 3.05.